The third-order valence-electron chi connectivity index (χ3n) is 4.44. The Morgan fingerprint density at radius 2 is 1.70 bits per heavy atom. The van der Waals surface area contributed by atoms with Crippen molar-refractivity contribution in [1.82, 2.24) is 0 Å². The smallest absolute Gasteiger partial charge is 0.0940 e. The first-order valence-corrected chi connectivity index (χ1v) is 7.60. The molecular formula is C19H22O. The summed E-state index contributed by atoms with van der Waals surface area (Å²) in [7, 11) is 0. The van der Waals surface area contributed by atoms with Crippen LogP contribution in [0.1, 0.15) is 42.0 Å². The highest BCUT2D eigenvalue weighted by atomic mass is 16.3. The zero-order valence-corrected chi connectivity index (χ0v) is 12.1. The van der Waals surface area contributed by atoms with E-state index < -0.39 is 5.60 Å². The van der Waals surface area contributed by atoms with Gasteiger partial charge in [-0.2, -0.15) is 0 Å². The van der Waals surface area contributed by atoms with Crippen molar-refractivity contribution in [2.45, 2.75) is 44.6 Å². The van der Waals surface area contributed by atoms with E-state index in [1.54, 1.807) is 0 Å². The highest BCUT2D eigenvalue weighted by Crippen LogP contribution is 2.36. The van der Waals surface area contributed by atoms with Gasteiger partial charge in [-0.15, -0.1) is 0 Å². The van der Waals surface area contributed by atoms with Crippen molar-refractivity contribution in [1.29, 1.82) is 0 Å². The minimum Gasteiger partial charge on any atom is -0.385 e. The molecule has 3 rings (SSSR count). The summed E-state index contributed by atoms with van der Waals surface area (Å²) >= 11 is 0. The van der Waals surface area contributed by atoms with E-state index in [9.17, 15) is 5.11 Å². The summed E-state index contributed by atoms with van der Waals surface area (Å²) in [6.07, 6.45) is 4.79. The Balaban J connectivity index is 1.86. The van der Waals surface area contributed by atoms with Gasteiger partial charge in [-0.1, -0.05) is 61.9 Å². The lowest BCUT2D eigenvalue weighted by Gasteiger charge is -2.34. The van der Waals surface area contributed by atoms with Gasteiger partial charge in [0.15, 0.2) is 0 Å². The van der Waals surface area contributed by atoms with Crippen LogP contribution in [0.5, 0.6) is 0 Å². The predicted molar refractivity (Wildman–Crippen MR) is 82.8 cm³/mol. The SMILES string of the molecule is CCCc1ccc(C2(O)CCc3ccccc3C2)cc1. The summed E-state index contributed by atoms with van der Waals surface area (Å²) in [4.78, 5) is 0. The molecule has 20 heavy (non-hydrogen) atoms. The van der Waals surface area contributed by atoms with Crippen LogP contribution in [-0.4, -0.2) is 5.11 Å². The second-order valence-electron chi connectivity index (χ2n) is 5.92. The van der Waals surface area contributed by atoms with Crippen LogP contribution in [0.3, 0.4) is 0 Å². The number of fused-ring (bicyclic) bond motifs is 1. The molecule has 1 aliphatic rings. The fraction of sp³-hybridized carbons (Fsp3) is 0.368. The van der Waals surface area contributed by atoms with E-state index in [0.29, 0.717) is 0 Å². The highest BCUT2D eigenvalue weighted by molar-refractivity contribution is 5.36. The summed E-state index contributed by atoms with van der Waals surface area (Å²) in [6, 6.07) is 17.0. The molecule has 104 valence electrons. The van der Waals surface area contributed by atoms with Crippen molar-refractivity contribution in [2.75, 3.05) is 0 Å². The molecule has 2 aromatic carbocycles. The summed E-state index contributed by atoms with van der Waals surface area (Å²) in [5.41, 5.74) is 4.40. The number of hydrogen-bond donors (Lipinski definition) is 1. The molecule has 0 saturated carbocycles. The third kappa shape index (κ3) is 2.51. The summed E-state index contributed by atoms with van der Waals surface area (Å²) in [5, 5.41) is 11.0. The monoisotopic (exact) mass is 266 g/mol. The summed E-state index contributed by atoms with van der Waals surface area (Å²) in [6.45, 7) is 2.19. The molecule has 1 aliphatic carbocycles. The van der Waals surface area contributed by atoms with E-state index in [2.05, 4.69) is 55.5 Å². The van der Waals surface area contributed by atoms with Gasteiger partial charge in [0.1, 0.15) is 0 Å². The lowest BCUT2D eigenvalue weighted by molar-refractivity contribution is 0.0222. The number of aliphatic hydroxyl groups is 1. The number of hydrogen-bond acceptors (Lipinski definition) is 1. The number of benzene rings is 2. The van der Waals surface area contributed by atoms with Crippen LogP contribution in [0, 0.1) is 0 Å². The molecule has 0 saturated heterocycles. The minimum atomic E-state index is -0.695. The molecule has 0 spiro atoms. The van der Waals surface area contributed by atoms with Gasteiger partial charge in [0, 0.05) is 6.42 Å². The van der Waals surface area contributed by atoms with E-state index in [1.165, 1.54) is 16.7 Å². The van der Waals surface area contributed by atoms with Crippen molar-refractivity contribution in [3.63, 3.8) is 0 Å². The predicted octanol–water partition coefficient (Wildman–Crippen LogP) is 4.02. The molecule has 1 N–H and O–H groups in total. The first kappa shape index (κ1) is 13.4. The zero-order valence-electron chi connectivity index (χ0n) is 12.1. The van der Waals surface area contributed by atoms with Gasteiger partial charge in [-0.25, -0.2) is 0 Å². The van der Waals surface area contributed by atoms with Crippen LogP contribution in [0.2, 0.25) is 0 Å². The van der Waals surface area contributed by atoms with Crippen LogP contribution in [-0.2, 0) is 24.9 Å². The average molecular weight is 266 g/mol. The molecule has 2 aromatic rings. The first-order chi connectivity index (χ1) is 9.71. The fourth-order valence-electron chi connectivity index (χ4n) is 3.24. The molecule has 0 radical (unpaired) electrons. The highest BCUT2D eigenvalue weighted by Gasteiger charge is 2.33. The Labute approximate surface area is 121 Å². The molecule has 0 bridgehead atoms. The Hall–Kier alpha value is -1.60. The third-order valence-corrected chi connectivity index (χ3v) is 4.44. The molecule has 0 aliphatic heterocycles. The second-order valence-corrected chi connectivity index (χ2v) is 5.92. The molecule has 0 amide bonds. The lowest BCUT2D eigenvalue weighted by Crippen LogP contribution is -2.33. The molecule has 1 atom stereocenters. The number of aryl methyl sites for hydroxylation is 2. The van der Waals surface area contributed by atoms with Crippen molar-refractivity contribution in [3.05, 3.63) is 70.8 Å². The van der Waals surface area contributed by atoms with Gasteiger partial charge >= 0.3 is 0 Å². The van der Waals surface area contributed by atoms with E-state index in [1.807, 2.05) is 0 Å². The Morgan fingerprint density at radius 3 is 2.40 bits per heavy atom. The summed E-state index contributed by atoms with van der Waals surface area (Å²) in [5.74, 6) is 0. The average Bonchev–Trinajstić information content (AvgIpc) is 2.48. The van der Waals surface area contributed by atoms with E-state index in [-0.39, 0.29) is 0 Å². The van der Waals surface area contributed by atoms with Gasteiger partial charge < -0.3 is 5.11 Å². The van der Waals surface area contributed by atoms with E-state index in [4.69, 9.17) is 0 Å². The van der Waals surface area contributed by atoms with E-state index in [0.717, 1.165) is 37.7 Å². The molecule has 0 heterocycles. The molecule has 0 fully saturated rings. The van der Waals surface area contributed by atoms with Crippen LogP contribution in [0.25, 0.3) is 0 Å². The maximum absolute atomic E-state index is 11.0. The number of rotatable bonds is 3. The molecular weight excluding hydrogens is 244 g/mol. The lowest BCUT2D eigenvalue weighted by atomic mass is 9.76. The second kappa shape index (κ2) is 5.41. The molecule has 0 aromatic heterocycles. The molecule has 1 unspecified atom stereocenters. The van der Waals surface area contributed by atoms with Gasteiger partial charge in [-0.3, -0.25) is 0 Å². The van der Waals surface area contributed by atoms with Crippen LogP contribution in [0.15, 0.2) is 48.5 Å². The van der Waals surface area contributed by atoms with Gasteiger partial charge in [-0.05, 0) is 41.5 Å². The summed E-state index contributed by atoms with van der Waals surface area (Å²) < 4.78 is 0. The zero-order chi connectivity index (χ0) is 14.0. The van der Waals surface area contributed by atoms with Gasteiger partial charge in [0.25, 0.3) is 0 Å². The molecule has 1 heteroatoms. The minimum absolute atomic E-state index is 0.695. The van der Waals surface area contributed by atoms with Gasteiger partial charge in [0.2, 0.25) is 0 Å². The normalized spacial score (nSPS) is 21.5. The first-order valence-electron chi connectivity index (χ1n) is 7.60. The fourth-order valence-corrected chi connectivity index (χ4v) is 3.24. The van der Waals surface area contributed by atoms with Crippen molar-refractivity contribution in [3.8, 4) is 0 Å². The Morgan fingerprint density at radius 1 is 1.00 bits per heavy atom. The standard InChI is InChI=1S/C19H22O/c1-2-5-15-8-10-18(11-9-15)19(20)13-12-16-6-3-4-7-17(16)14-19/h3-4,6-11,20H,2,5,12-14H2,1H3. The topological polar surface area (TPSA) is 20.2 Å². The largest absolute Gasteiger partial charge is 0.385 e. The van der Waals surface area contributed by atoms with E-state index >= 15 is 0 Å². The maximum Gasteiger partial charge on any atom is 0.0940 e. The van der Waals surface area contributed by atoms with Crippen molar-refractivity contribution in [2.24, 2.45) is 0 Å². The van der Waals surface area contributed by atoms with Crippen LogP contribution in [0.4, 0.5) is 0 Å². The van der Waals surface area contributed by atoms with Crippen molar-refractivity contribution >= 4 is 0 Å². The van der Waals surface area contributed by atoms with Crippen LogP contribution >= 0.6 is 0 Å². The van der Waals surface area contributed by atoms with Gasteiger partial charge in [0.05, 0.1) is 5.60 Å². The Bertz CT molecular complexity index is 585. The quantitative estimate of drug-likeness (QED) is 0.889. The van der Waals surface area contributed by atoms with Crippen molar-refractivity contribution < 1.29 is 5.11 Å². The molecule has 1 nitrogen and oxygen atoms in total. The van der Waals surface area contributed by atoms with Crippen LogP contribution < -0.4 is 0 Å². The Kier molecular flexibility index (Phi) is 3.62. The maximum atomic E-state index is 11.0.